The second kappa shape index (κ2) is 7.61. The summed E-state index contributed by atoms with van der Waals surface area (Å²) >= 11 is 0. The van der Waals surface area contributed by atoms with E-state index in [1.165, 1.54) is 48.9 Å². The summed E-state index contributed by atoms with van der Waals surface area (Å²) in [6, 6.07) is 16.2. The van der Waals surface area contributed by atoms with Crippen molar-refractivity contribution in [3.63, 3.8) is 0 Å². The van der Waals surface area contributed by atoms with Crippen LogP contribution in [0.4, 0.5) is 5.69 Å². The molecule has 0 radical (unpaired) electrons. The highest BCUT2D eigenvalue weighted by Crippen LogP contribution is 2.23. The number of rotatable bonds is 3. The molecule has 2 nitrogen and oxygen atoms in total. The Morgan fingerprint density at radius 1 is 0.800 bits per heavy atom. The number of hydrogen-bond acceptors (Lipinski definition) is 2. The third-order valence-corrected chi connectivity index (χ3v) is 5.81. The average molecular weight is 335 g/mol. The zero-order chi connectivity index (χ0) is 17.1. The highest BCUT2D eigenvalue weighted by molar-refractivity contribution is 5.48. The maximum atomic E-state index is 2.62. The van der Waals surface area contributed by atoms with Crippen LogP contribution < -0.4 is 4.90 Å². The largest absolute Gasteiger partial charge is 0.369 e. The van der Waals surface area contributed by atoms with Gasteiger partial charge in [-0.25, -0.2) is 0 Å². The van der Waals surface area contributed by atoms with Gasteiger partial charge in [0, 0.05) is 38.4 Å². The van der Waals surface area contributed by atoms with Gasteiger partial charge in [-0.1, -0.05) is 36.8 Å². The lowest BCUT2D eigenvalue weighted by Gasteiger charge is -2.36. The fourth-order valence-corrected chi connectivity index (χ4v) is 4.31. The van der Waals surface area contributed by atoms with E-state index in [1.807, 2.05) is 0 Å². The van der Waals surface area contributed by atoms with Crippen LogP contribution in [0, 0.1) is 6.92 Å². The van der Waals surface area contributed by atoms with E-state index < -0.39 is 0 Å². The fourth-order valence-electron chi connectivity index (χ4n) is 4.31. The standard InChI is InChI=1S/C23H30N2/c1-19-6-5-9-23(16-19)25-14-12-24(13-15-25)18-20-10-11-21-7-3-2-4-8-22(21)17-20/h5-6,9-11,16-17H,2-4,7-8,12-15,18H2,1H3. The molecule has 1 heterocycles. The molecular weight excluding hydrogens is 304 g/mol. The molecule has 0 unspecified atom stereocenters. The number of anilines is 1. The van der Waals surface area contributed by atoms with Gasteiger partial charge in [0.05, 0.1) is 0 Å². The van der Waals surface area contributed by atoms with Crippen LogP contribution in [0.5, 0.6) is 0 Å². The molecule has 1 aliphatic carbocycles. The first kappa shape index (κ1) is 16.7. The molecule has 0 N–H and O–H groups in total. The summed E-state index contributed by atoms with van der Waals surface area (Å²) in [6.45, 7) is 7.87. The smallest absolute Gasteiger partial charge is 0.0369 e. The maximum Gasteiger partial charge on any atom is 0.0369 e. The van der Waals surface area contributed by atoms with Crippen LogP contribution in [-0.2, 0) is 19.4 Å². The van der Waals surface area contributed by atoms with Crippen molar-refractivity contribution in [2.45, 2.75) is 45.6 Å². The summed E-state index contributed by atoms with van der Waals surface area (Å²) in [7, 11) is 0. The van der Waals surface area contributed by atoms with Crippen LogP contribution in [0.15, 0.2) is 42.5 Å². The van der Waals surface area contributed by atoms with Crippen molar-refractivity contribution < 1.29 is 0 Å². The van der Waals surface area contributed by atoms with Crippen molar-refractivity contribution >= 4 is 5.69 Å². The first-order valence-electron chi connectivity index (χ1n) is 9.92. The molecular formula is C23H30N2. The Labute approximate surface area is 152 Å². The van der Waals surface area contributed by atoms with Crippen molar-refractivity contribution in [1.82, 2.24) is 4.90 Å². The molecule has 25 heavy (non-hydrogen) atoms. The lowest BCUT2D eigenvalue weighted by Crippen LogP contribution is -2.46. The zero-order valence-corrected chi connectivity index (χ0v) is 15.5. The topological polar surface area (TPSA) is 6.48 Å². The molecule has 0 spiro atoms. The Hall–Kier alpha value is -1.80. The predicted molar refractivity (Wildman–Crippen MR) is 106 cm³/mol. The number of benzene rings is 2. The van der Waals surface area contributed by atoms with Crippen LogP contribution >= 0.6 is 0 Å². The van der Waals surface area contributed by atoms with Gasteiger partial charge in [-0.2, -0.15) is 0 Å². The molecule has 0 atom stereocenters. The van der Waals surface area contributed by atoms with Crippen molar-refractivity contribution in [3.8, 4) is 0 Å². The lowest BCUT2D eigenvalue weighted by molar-refractivity contribution is 0.250. The van der Waals surface area contributed by atoms with Crippen LogP contribution in [0.1, 0.15) is 41.5 Å². The zero-order valence-electron chi connectivity index (χ0n) is 15.5. The molecule has 0 aromatic heterocycles. The van der Waals surface area contributed by atoms with Crippen molar-refractivity contribution in [2.75, 3.05) is 31.1 Å². The summed E-state index contributed by atoms with van der Waals surface area (Å²) < 4.78 is 0. The molecule has 0 bridgehead atoms. The summed E-state index contributed by atoms with van der Waals surface area (Å²) in [5.41, 5.74) is 7.46. The number of hydrogen-bond donors (Lipinski definition) is 0. The van der Waals surface area contributed by atoms with Gasteiger partial charge in [0.2, 0.25) is 0 Å². The second-order valence-corrected chi connectivity index (χ2v) is 7.77. The van der Waals surface area contributed by atoms with Crippen molar-refractivity contribution in [2.24, 2.45) is 0 Å². The van der Waals surface area contributed by atoms with Gasteiger partial charge in [0.15, 0.2) is 0 Å². The SMILES string of the molecule is Cc1cccc(N2CCN(Cc3ccc4c(c3)CCCCC4)CC2)c1. The molecule has 1 aliphatic heterocycles. The number of fused-ring (bicyclic) bond motifs is 1. The normalized spacial score (nSPS) is 18.7. The van der Waals surface area contributed by atoms with Crippen LogP contribution in [-0.4, -0.2) is 31.1 Å². The Morgan fingerprint density at radius 2 is 1.60 bits per heavy atom. The van der Waals surface area contributed by atoms with Gasteiger partial charge in [-0.15, -0.1) is 0 Å². The number of nitrogens with zero attached hydrogens (tertiary/aromatic N) is 2. The molecule has 2 heteroatoms. The van der Waals surface area contributed by atoms with E-state index >= 15 is 0 Å². The molecule has 132 valence electrons. The summed E-state index contributed by atoms with van der Waals surface area (Å²) in [4.78, 5) is 5.14. The van der Waals surface area contributed by atoms with E-state index in [4.69, 9.17) is 0 Å². The van der Waals surface area contributed by atoms with Gasteiger partial charge in [0.25, 0.3) is 0 Å². The molecule has 1 saturated heterocycles. The molecule has 2 aromatic rings. The summed E-state index contributed by atoms with van der Waals surface area (Å²) in [5, 5.41) is 0. The van der Waals surface area contributed by atoms with E-state index in [1.54, 1.807) is 11.1 Å². The maximum absolute atomic E-state index is 2.62. The van der Waals surface area contributed by atoms with Crippen molar-refractivity contribution in [3.05, 3.63) is 64.7 Å². The fraction of sp³-hybridized carbons (Fsp3) is 0.478. The molecule has 2 aliphatic rings. The first-order chi connectivity index (χ1) is 12.3. The van der Waals surface area contributed by atoms with Gasteiger partial charge < -0.3 is 4.90 Å². The number of piperazine rings is 1. The lowest BCUT2D eigenvalue weighted by atomic mass is 10.00. The summed E-state index contributed by atoms with van der Waals surface area (Å²) in [5.74, 6) is 0. The Morgan fingerprint density at radius 3 is 2.40 bits per heavy atom. The molecule has 0 saturated carbocycles. The number of aryl methyl sites for hydroxylation is 3. The highest BCUT2D eigenvalue weighted by atomic mass is 15.3. The minimum absolute atomic E-state index is 1.11. The van der Waals surface area contributed by atoms with E-state index in [0.29, 0.717) is 0 Å². The minimum atomic E-state index is 1.11. The van der Waals surface area contributed by atoms with E-state index in [2.05, 4.69) is 59.2 Å². The quantitative estimate of drug-likeness (QED) is 0.758. The minimum Gasteiger partial charge on any atom is -0.369 e. The van der Waals surface area contributed by atoms with Crippen LogP contribution in [0.2, 0.25) is 0 Å². The van der Waals surface area contributed by atoms with Gasteiger partial charge >= 0.3 is 0 Å². The van der Waals surface area contributed by atoms with Crippen LogP contribution in [0.3, 0.4) is 0 Å². The third-order valence-electron chi connectivity index (χ3n) is 5.81. The van der Waals surface area contributed by atoms with Gasteiger partial charge in [-0.05, 0) is 67.0 Å². The molecule has 1 fully saturated rings. The van der Waals surface area contributed by atoms with E-state index in [0.717, 1.165) is 32.7 Å². The molecule has 0 amide bonds. The van der Waals surface area contributed by atoms with Gasteiger partial charge in [-0.3, -0.25) is 4.90 Å². The third kappa shape index (κ3) is 4.07. The van der Waals surface area contributed by atoms with E-state index in [-0.39, 0.29) is 0 Å². The first-order valence-corrected chi connectivity index (χ1v) is 9.92. The van der Waals surface area contributed by atoms with Gasteiger partial charge in [0.1, 0.15) is 0 Å². The highest BCUT2D eigenvalue weighted by Gasteiger charge is 2.18. The molecule has 4 rings (SSSR count). The second-order valence-electron chi connectivity index (χ2n) is 7.77. The Bertz CT molecular complexity index is 714. The van der Waals surface area contributed by atoms with E-state index in [9.17, 15) is 0 Å². The Balaban J connectivity index is 1.36. The van der Waals surface area contributed by atoms with Crippen molar-refractivity contribution in [1.29, 1.82) is 0 Å². The Kier molecular flexibility index (Phi) is 5.07. The van der Waals surface area contributed by atoms with Crippen LogP contribution in [0.25, 0.3) is 0 Å². The average Bonchev–Trinajstić information content (AvgIpc) is 2.87. The molecule has 2 aromatic carbocycles. The monoisotopic (exact) mass is 334 g/mol. The predicted octanol–water partition coefficient (Wildman–Crippen LogP) is 4.59. The summed E-state index contributed by atoms with van der Waals surface area (Å²) in [6.07, 6.45) is 6.69.